The third-order valence-electron chi connectivity index (χ3n) is 5.29. The molecule has 0 saturated carbocycles. The van der Waals surface area contributed by atoms with Gasteiger partial charge in [0.1, 0.15) is 5.60 Å². The van der Waals surface area contributed by atoms with Crippen LogP contribution in [0.2, 0.25) is 5.02 Å². The summed E-state index contributed by atoms with van der Waals surface area (Å²) in [5.41, 5.74) is 1.91. The van der Waals surface area contributed by atoms with E-state index in [1.807, 2.05) is 56.0 Å². The average molecular weight is 415 g/mol. The van der Waals surface area contributed by atoms with E-state index < -0.39 is 5.60 Å². The van der Waals surface area contributed by atoms with Crippen molar-refractivity contribution >= 4 is 23.4 Å². The normalized spacial score (nSPS) is 19.2. The van der Waals surface area contributed by atoms with E-state index in [1.54, 1.807) is 0 Å². The van der Waals surface area contributed by atoms with E-state index >= 15 is 0 Å². The van der Waals surface area contributed by atoms with Crippen LogP contribution in [0.1, 0.15) is 32.8 Å². The molecule has 1 N–H and O–H groups in total. The number of hydrogen-bond acceptors (Lipinski definition) is 3. The van der Waals surface area contributed by atoms with Crippen molar-refractivity contribution in [3.8, 4) is 0 Å². The molecule has 1 aliphatic heterocycles. The van der Waals surface area contributed by atoms with Gasteiger partial charge in [-0.2, -0.15) is 0 Å². The third kappa shape index (κ3) is 6.67. The Labute approximate surface area is 179 Å². The molecule has 1 heterocycles. The van der Waals surface area contributed by atoms with Crippen LogP contribution < -0.4 is 5.32 Å². The van der Waals surface area contributed by atoms with Gasteiger partial charge < -0.3 is 15.0 Å². The molecule has 0 aromatic heterocycles. The molecule has 2 aromatic carbocycles. The van der Waals surface area contributed by atoms with Gasteiger partial charge >= 0.3 is 6.09 Å². The van der Waals surface area contributed by atoms with Gasteiger partial charge in [-0.15, -0.1) is 0 Å². The molecule has 0 unspecified atom stereocenters. The van der Waals surface area contributed by atoms with Gasteiger partial charge in [-0.25, -0.2) is 4.79 Å². The number of ether oxygens (including phenoxy) is 1. The van der Waals surface area contributed by atoms with E-state index in [9.17, 15) is 4.79 Å². The lowest BCUT2D eigenvalue weighted by molar-refractivity contribution is 0.0284. The van der Waals surface area contributed by atoms with Crippen LogP contribution in [0.4, 0.5) is 10.5 Å². The van der Waals surface area contributed by atoms with Crippen LogP contribution in [-0.4, -0.2) is 36.2 Å². The van der Waals surface area contributed by atoms with Crippen LogP contribution in [0.5, 0.6) is 0 Å². The molecule has 0 spiro atoms. The first-order chi connectivity index (χ1) is 13.8. The van der Waals surface area contributed by atoms with Crippen LogP contribution in [0.15, 0.2) is 54.6 Å². The molecule has 1 saturated heterocycles. The molecular formula is C24H31ClN2O2. The van der Waals surface area contributed by atoms with Crippen molar-refractivity contribution in [3.05, 3.63) is 65.2 Å². The van der Waals surface area contributed by atoms with Crippen molar-refractivity contribution in [3.63, 3.8) is 0 Å². The highest BCUT2D eigenvalue weighted by Gasteiger charge is 2.36. The molecule has 2 atom stereocenters. The molecule has 156 valence electrons. The van der Waals surface area contributed by atoms with Crippen LogP contribution in [0.25, 0.3) is 0 Å². The Balaban J connectivity index is 1.63. The number of rotatable bonds is 6. The van der Waals surface area contributed by atoms with E-state index in [-0.39, 0.29) is 6.09 Å². The van der Waals surface area contributed by atoms with E-state index in [4.69, 9.17) is 16.3 Å². The zero-order valence-electron chi connectivity index (χ0n) is 17.5. The summed E-state index contributed by atoms with van der Waals surface area (Å²) in [4.78, 5) is 14.5. The minimum atomic E-state index is -0.476. The fourth-order valence-corrected chi connectivity index (χ4v) is 3.91. The first-order valence-electron chi connectivity index (χ1n) is 10.3. The molecule has 0 bridgehead atoms. The lowest BCUT2D eigenvalue weighted by Crippen LogP contribution is -2.35. The molecule has 1 fully saturated rings. The van der Waals surface area contributed by atoms with Gasteiger partial charge in [0.25, 0.3) is 0 Å². The number of halogens is 1. The van der Waals surface area contributed by atoms with Gasteiger partial charge in [0.05, 0.1) is 0 Å². The van der Waals surface area contributed by atoms with Gasteiger partial charge in [-0.3, -0.25) is 0 Å². The number of anilines is 1. The second-order valence-electron chi connectivity index (χ2n) is 8.82. The molecule has 3 rings (SSSR count). The van der Waals surface area contributed by atoms with Gasteiger partial charge in [0, 0.05) is 30.3 Å². The molecule has 2 aromatic rings. The smallest absolute Gasteiger partial charge is 0.410 e. The summed E-state index contributed by atoms with van der Waals surface area (Å²) < 4.78 is 5.61. The van der Waals surface area contributed by atoms with Crippen LogP contribution >= 0.6 is 11.6 Å². The van der Waals surface area contributed by atoms with E-state index in [0.29, 0.717) is 11.8 Å². The Morgan fingerprint density at radius 1 is 1.07 bits per heavy atom. The SMILES string of the molecule is CC(C)(C)OC(=O)N1C[C@H](CCc2ccccc2)[C@@H](CNc2ccc(Cl)cc2)C1. The second kappa shape index (κ2) is 9.53. The first-order valence-corrected chi connectivity index (χ1v) is 10.7. The maximum Gasteiger partial charge on any atom is 0.410 e. The number of hydrogen-bond donors (Lipinski definition) is 1. The second-order valence-corrected chi connectivity index (χ2v) is 9.25. The Hall–Kier alpha value is -2.20. The van der Waals surface area contributed by atoms with Crippen molar-refractivity contribution in [2.24, 2.45) is 11.8 Å². The largest absolute Gasteiger partial charge is 0.444 e. The number of nitrogens with zero attached hydrogens (tertiary/aromatic N) is 1. The number of benzene rings is 2. The number of likely N-dealkylation sites (tertiary alicyclic amines) is 1. The number of aryl methyl sites for hydroxylation is 1. The quantitative estimate of drug-likeness (QED) is 0.642. The number of carbonyl (C=O) groups excluding carboxylic acids is 1. The molecule has 5 heteroatoms. The van der Waals surface area contributed by atoms with Gasteiger partial charge in [0.2, 0.25) is 0 Å². The molecule has 0 radical (unpaired) electrons. The zero-order valence-corrected chi connectivity index (χ0v) is 18.3. The van der Waals surface area contributed by atoms with Crippen LogP contribution in [0.3, 0.4) is 0 Å². The highest BCUT2D eigenvalue weighted by molar-refractivity contribution is 6.30. The van der Waals surface area contributed by atoms with Crippen LogP contribution in [0, 0.1) is 11.8 Å². The molecule has 29 heavy (non-hydrogen) atoms. The summed E-state index contributed by atoms with van der Waals surface area (Å²) in [6, 6.07) is 18.3. The van der Waals surface area contributed by atoms with Crippen molar-refractivity contribution in [2.75, 3.05) is 25.0 Å². The summed E-state index contributed by atoms with van der Waals surface area (Å²) in [7, 11) is 0. The molecular weight excluding hydrogens is 384 g/mol. The van der Waals surface area contributed by atoms with Gasteiger partial charge in [-0.05, 0) is 75.3 Å². The maximum atomic E-state index is 12.6. The van der Waals surface area contributed by atoms with Gasteiger partial charge in [-0.1, -0.05) is 41.9 Å². The number of carbonyl (C=O) groups is 1. The van der Waals surface area contributed by atoms with Crippen molar-refractivity contribution in [1.82, 2.24) is 4.90 Å². The monoisotopic (exact) mass is 414 g/mol. The van der Waals surface area contributed by atoms with E-state index in [0.717, 1.165) is 43.2 Å². The summed E-state index contributed by atoms with van der Waals surface area (Å²) >= 11 is 5.98. The lowest BCUT2D eigenvalue weighted by atomic mass is 9.90. The first kappa shape index (κ1) is 21.5. The molecule has 0 aliphatic carbocycles. The molecule has 1 aliphatic rings. The third-order valence-corrected chi connectivity index (χ3v) is 5.54. The average Bonchev–Trinajstić information content (AvgIpc) is 3.09. The predicted octanol–water partition coefficient (Wildman–Crippen LogP) is 5.87. The van der Waals surface area contributed by atoms with Crippen molar-refractivity contribution in [2.45, 2.75) is 39.2 Å². The minimum Gasteiger partial charge on any atom is -0.444 e. The minimum absolute atomic E-state index is 0.212. The standard InChI is InChI=1S/C24H31ClN2O2/c1-24(2,3)29-23(28)27-16-19(10-9-18-7-5-4-6-8-18)20(17-27)15-26-22-13-11-21(25)12-14-22/h4-8,11-14,19-20,26H,9-10,15-17H2,1-3H3/t19-,20-/m0/s1. The Bertz CT molecular complexity index is 787. The van der Waals surface area contributed by atoms with E-state index in [2.05, 4.69) is 29.6 Å². The van der Waals surface area contributed by atoms with Gasteiger partial charge in [0.15, 0.2) is 0 Å². The summed E-state index contributed by atoms with van der Waals surface area (Å²) in [6.07, 6.45) is 1.86. The number of amides is 1. The highest BCUT2D eigenvalue weighted by atomic mass is 35.5. The lowest BCUT2D eigenvalue weighted by Gasteiger charge is -2.24. The molecule has 1 amide bonds. The fraction of sp³-hybridized carbons (Fsp3) is 0.458. The Kier molecular flexibility index (Phi) is 7.07. The fourth-order valence-electron chi connectivity index (χ4n) is 3.79. The predicted molar refractivity (Wildman–Crippen MR) is 119 cm³/mol. The summed E-state index contributed by atoms with van der Waals surface area (Å²) in [6.45, 7) is 8.01. The zero-order chi connectivity index (χ0) is 20.9. The maximum absolute atomic E-state index is 12.6. The van der Waals surface area contributed by atoms with E-state index in [1.165, 1.54) is 5.56 Å². The summed E-state index contributed by atoms with van der Waals surface area (Å²) in [5.74, 6) is 0.810. The van der Waals surface area contributed by atoms with Crippen molar-refractivity contribution in [1.29, 1.82) is 0 Å². The Morgan fingerprint density at radius 2 is 1.72 bits per heavy atom. The highest BCUT2D eigenvalue weighted by Crippen LogP contribution is 2.29. The molecule has 4 nitrogen and oxygen atoms in total. The summed E-state index contributed by atoms with van der Waals surface area (Å²) in [5, 5.41) is 4.24. The number of nitrogens with one attached hydrogen (secondary N) is 1. The Morgan fingerprint density at radius 3 is 2.38 bits per heavy atom. The topological polar surface area (TPSA) is 41.6 Å². The van der Waals surface area contributed by atoms with Crippen LogP contribution in [-0.2, 0) is 11.2 Å². The van der Waals surface area contributed by atoms with Crippen molar-refractivity contribution < 1.29 is 9.53 Å².